The Kier molecular flexibility index (Phi) is 5.07. The highest BCUT2D eigenvalue weighted by molar-refractivity contribution is 5.91. The Morgan fingerprint density at radius 1 is 1.16 bits per heavy atom. The Hall–Kier alpha value is -2.70. The number of halogens is 1. The van der Waals surface area contributed by atoms with Crippen LogP contribution in [-0.4, -0.2) is 27.9 Å². The second kappa shape index (κ2) is 7.77. The molecule has 0 spiro atoms. The topological polar surface area (TPSA) is 76.0 Å². The van der Waals surface area contributed by atoms with Crippen LogP contribution in [0.2, 0.25) is 0 Å². The number of benzene rings is 1. The van der Waals surface area contributed by atoms with Gasteiger partial charge < -0.3 is 15.2 Å². The number of aryl methyl sites for hydroxylation is 1. The first-order valence-corrected chi connectivity index (χ1v) is 11.3. The molecular formula is C24H29FN4O2. The van der Waals surface area contributed by atoms with E-state index in [1.807, 2.05) is 0 Å². The molecule has 4 saturated carbocycles. The van der Waals surface area contributed by atoms with Crippen molar-refractivity contribution in [3.05, 3.63) is 42.2 Å². The van der Waals surface area contributed by atoms with Crippen LogP contribution >= 0.6 is 0 Å². The van der Waals surface area contributed by atoms with Crippen LogP contribution in [0.5, 0.6) is 0 Å². The minimum Gasteiger partial charge on any atom is -0.355 e. The molecule has 1 heterocycles. The molecule has 0 atom stereocenters. The van der Waals surface area contributed by atoms with E-state index in [1.165, 1.54) is 25.3 Å². The number of imidazole rings is 1. The highest BCUT2D eigenvalue weighted by Crippen LogP contribution is 2.60. The van der Waals surface area contributed by atoms with E-state index >= 15 is 0 Å². The summed E-state index contributed by atoms with van der Waals surface area (Å²) in [5.41, 5.74) is 0.586. The summed E-state index contributed by atoms with van der Waals surface area (Å²) < 4.78 is 16.2. The van der Waals surface area contributed by atoms with Crippen LogP contribution in [-0.2, 0) is 9.59 Å². The van der Waals surface area contributed by atoms with Crippen molar-refractivity contribution in [1.82, 2.24) is 14.9 Å². The van der Waals surface area contributed by atoms with Gasteiger partial charge in [0.15, 0.2) is 0 Å². The van der Waals surface area contributed by atoms with Crippen LogP contribution in [0.4, 0.5) is 10.1 Å². The van der Waals surface area contributed by atoms with Crippen LogP contribution in [0.3, 0.4) is 0 Å². The highest BCUT2D eigenvalue weighted by atomic mass is 19.1. The van der Waals surface area contributed by atoms with Crippen molar-refractivity contribution in [3.63, 3.8) is 0 Å². The van der Waals surface area contributed by atoms with E-state index in [1.54, 1.807) is 36.0 Å². The molecule has 1 aromatic carbocycles. The number of rotatable bonds is 6. The zero-order valence-corrected chi connectivity index (χ0v) is 17.9. The average Bonchev–Trinajstić information content (AvgIpc) is 3.12. The maximum atomic E-state index is 14.5. The van der Waals surface area contributed by atoms with Gasteiger partial charge >= 0.3 is 0 Å². The first-order valence-electron chi connectivity index (χ1n) is 11.3. The fourth-order valence-electron chi connectivity index (χ4n) is 6.50. The van der Waals surface area contributed by atoms with E-state index in [2.05, 4.69) is 15.6 Å². The van der Waals surface area contributed by atoms with Gasteiger partial charge in [-0.05, 0) is 81.4 Å². The normalized spacial score (nSPS) is 28.5. The summed E-state index contributed by atoms with van der Waals surface area (Å²) in [5, 5.41) is 5.74. The van der Waals surface area contributed by atoms with Gasteiger partial charge in [-0.1, -0.05) is 0 Å². The number of hydrogen-bond donors (Lipinski definition) is 2. The van der Waals surface area contributed by atoms with E-state index in [4.69, 9.17) is 0 Å². The Bertz CT molecular complexity index is 979. The van der Waals surface area contributed by atoms with Crippen molar-refractivity contribution in [3.8, 4) is 5.69 Å². The van der Waals surface area contributed by atoms with E-state index in [-0.39, 0.29) is 23.7 Å². The molecule has 6 rings (SSSR count). The van der Waals surface area contributed by atoms with Gasteiger partial charge in [-0.25, -0.2) is 9.37 Å². The molecule has 31 heavy (non-hydrogen) atoms. The van der Waals surface area contributed by atoms with Crippen LogP contribution in [0.25, 0.3) is 5.69 Å². The second-order valence-corrected chi connectivity index (χ2v) is 9.76. The number of carbonyl (C=O) groups is 2. The molecule has 4 aliphatic carbocycles. The number of carbonyl (C=O) groups excluding carboxylic acids is 2. The zero-order valence-electron chi connectivity index (χ0n) is 17.9. The van der Waals surface area contributed by atoms with Gasteiger partial charge in [-0.2, -0.15) is 0 Å². The molecule has 6 nitrogen and oxygen atoms in total. The Morgan fingerprint density at radius 3 is 2.42 bits per heavy atom. The van der Waals surface area contributed by atoms with Crippen LogP contribution < -0.4 is 10.6 Å². The molecule has 2 N–H and O–H groups in total. The van der Waals surface area contributed by atoms with Gasteiger partial charge in [0.25, 0.3) is 0 Å². The van der Waals surface area contributed by atoms with E-state index in [0.717, 1.165) is 19.3 Å². The lowest BCUT2D eigenvalue weighted by Crippen LogP contribution is -2.53. The monoisotopic (exact) mass is 424 g/mol. The number of amides is 2. The van der Waals surface area contributed by atoms with E-state index in [0.29, 0.717) is 41.5 Å². The van der Waals surface area contributed by atoms with Crippen LogP contribution in [0.15, 0.2) is 30.6 Å². The maximum absolute atomic E-state index is 14.5. The summed E-state index contributed by atoms with van der Waals surface area (Å²) in [6.45, 7) is 2.11. The van der Waals surface area contributed by atoms with Crippen molar-refractivity contribution in [2.45, 2.75) is 51.9 Å². The van der Waals surface area contributed by atoms with Crippen molar-refractivity contribution in [2.75, 3.05) is 11.9 Å². The van der Waals surface area contributed by atoms with Gasteiger partial charge in [0, 0.05) is 36.5 Å². The Labute approximate surface area is 181 Å². The summed E-state index contributed by atoms with van der Waals surface area (Å²) in [5.74, 6) is 2.28. The predicted octanol–water partition coefficient (Wildman–Crippen LogP) is 3.98. The fourth-order valence-corrected chi connectivity index (χ4v) is 6.50. The highest BCUT2D eigenvalue weighted by Gasteiger charge is 2.54. The SMILES string of the molecule is Cc1nccn1-c1ccc(NC(=O)CCNC(=O)C23CC4CC(CC(C4)C2)C3)cc1F. The Morgan fingerprint density at radius 2 is 1.84 bits per heavy atom. The van der Waals surface area contributed by atoms with E-state index in [9.17, 15) is 14.0 Å². The molecule has 7 heteroatoms. The molecule has 1 aromatic heterocycles. The first kappa shape index (κ1) is 20.2. The zero-order chi connectivity index (χ0) is 21.6. The number of anilines is 1. The molecule has 2 aromatic rings. The number of nitrogens with zero attached hydrogens (tertiary/aromatic N) is 2. The lowest BCUT2D eigenvalue weighted by Gasteiger charge is -2.55. The molecule has 0 radical (unpaired) electrons. The minimum absolute atomic E-state index is 0.130. The first-order chi connectivity index (χ1) is 14.9. The average molecular weight is 425 g/mol. The number of hydrogen-bond acceptors (Lipinski definition) is 3. The molecule has 0 saturated heterocycles. The Balaban J connectivity index is 1.14. The molecule has 0 unspecified atom stereocenters. The predicted molar refractivity (Wildman–Crippen MR) is 115 cm³/mol. The smallest absolute Gasteiger partial charge is 0.226 e. The molecule has 164 valence electrons. The quantitative estimate of drug-likeness (QED) is 0.736. The van der Waals surface area contributed by atoms with Crippen LogP contribution in [0, 0.1) is 35.9 Å². The number of aromatic nitrogens is 2. The lowest BCUT2D eigenvalue weighted by molar-refractivity contribution is -0.146. The van der Waals surface area contributed by atoms with Gasteiger partial charge in [-0.3, -0.25) is 9.59 Å². The van der Waals surface area contributed by atoms with Gasteiger partial charge in [-0.15, -0.1) is 0 Å². The second-order valence-electron chi connectivity index (χ2n) is 9.76. The van der Waals surface area contributed by atoms with Gasteiger partial charge in [0.2, 0.25) is 11.8 Å². The third-order valence-electron chi connectivity index (χ3n) is 7.47. The summed E-state index contributed by atoms with van der Waals surface area (Å²) in [4.78, 5) is 29.4. The molecule has 4 aliphatic rings. The summed E-state index contributed by atoms with van der Waals surface area (Å²) in [7, 11) is 0. The number of nitrogens with one attached hydrogen (secondary N) is 2. The largest absolute Gasteiger partial charge is 0.355 e. The van der Waals surface area contributed by atoms with Gasteiger partial charge in [0.05, 0.1) is 5.69 Å². The molecule has 0 aliphatic heterocycles. The lowest BCUT2D eigenvalue weighted by atomic mass is 9.49. The fraction of sp³-hybridized carbons (Fsp3) is 0.542. The summed E-state index contributed by atoms with van der Waals surface area (Å²) in [6, 6.07) is 4.60. The molecular weight excluding hydrogens is 395 g/mol. The molecule has 4 bridgehead atoms. The molecule has 4 fully saturated rings. The van der Waals surface area contributed by atoms with Crippen molar-refractivity contribution < 1.29 is 14.0 Å². The molecule has 2 amide bonds. The third-order valence-corrected chi connectivity index (χ3v) is 7.47. The summed E-state index contributed by atoms with van der Waals surface area (Å²) >= 11 is 0. The van der Waals surface area contributed by atoms with Crippen molar-refractivity contribution >= 4 is 17.5 Å². The minimum atomic E-state index is -0.436. The van der Waals surface area contributed by atoms with Crippen molar-refractivity contribution in [1.29, 1.82) is 0 Å². The maximum Gasteiger partial charge on any atom is 0.226 e. The third kappa shape index (κ3) is 3.86. The summed E-state index contributed by atoms with van der Waals surface area (Å²) in [6.07, 6.45) is 10.4. The van der Waals surface area contributed by atoms with E-state index < -0.39 is 5.82 Å². The van der Waals surface area contributed by atoms with Crippen molar-refractivity contribution in [2.24, 2.45) is 23.2 Å². The standard InChI is InChI=1S/C24H29FN4O2/c1-15-26-6-7-29(15)21-3-2-19(11-20(21)25)28-22(30)4-5-27-23(31)24-12-16-8-17(13-24)10-18(9-16)14-24/h2-3,6-7,11,16-18H,4-5,8-10,12-14H2,1H3,(H,27,31)(H,28,30). The van der Waals surface area contributed by atoms with Crippen LogP contribution in [0.1, 0.15) is 50.8 Å². The van der Waals surface area contributed by atoms with Gasteiger partial charge in [0.1, 0.15) is 11.6 Å².